The second kappa shape index (κ2) is 12.6. The SMILES string of the molecule is CCc1ccc(F)cc1[C@H](Cn1c(=O)n(C(C)(C)C(=O)CC(C)C)c(=O)c2c(C)c(-n3nccn3)sc21)OCC(C)(C)C#N. The molecule has 0 N–H and O–H groups in total. The summed E-state index contributed by atoms with van der Waals surface area (Å²) in [7, 11) is 0. The molecule has 44 heavy (non-hydrogen) atoms. The van der Waals surface area contributed by atoms with E-state index in [1.165, 1.54) is 45.2 Å². The lowest BCUT2D eigenvalue weighted by atomic mass is 9.91. The van der Waals surface area contributed by atoms with Gasteiger partial charge in [-0.05, 0) is 70.2 Å². The van der Waals surface area contributed by atoms with Crippen LogP contribution in [0.25, 0.3) is 15.2 Å². The first-order valence-electron chi connectivity index (χ1n) is 14.6. The first-order valence-corrected chi connectivity index (χ1v) is 15.4. The van der Waals surface area contributed by atoms with E-state index in [1.54, 1.807) is 40.7 Å². The van der Waals surface area contributed by atoms with E-state index in [2.05, 4.69) is 16.3 Å². The van der Waals surface area contributed by atoms with Crippen molar-refractivity contribution in [2.75, 3.05) is 6.61 Å². The number of hydrogen-bond donors (Lipinski definition) is 0. The van der Waals surface area contributed by atoms with Gasteiger partial charge < -0.3 is 4.74 Å². The smallest absolute Gasteiger partial charge is 0.333 e. The molecule has 10 nitrogen and oxygen atoms in total. The van der Waals surface area contributed by atoms with Crippen molar-refractivity contribution in [3.8, 4) is 11.1 Å². The van der Waals surface area contributed by atoms with Gasteiger partial charge in [0.15, 0.2) is 5.78 Å². The highest BCUT2D eigenvalue weighted by molar-refractivity contribution is 7.21. The topological polar surface area (TPSA) is 125 Å². The van der Waals surface area contributed by atoms with E-state index in [0.29, 0.717) is 27.4 Å². The van der Waals surface area contributed by atoms with Gasteiger partial charge in [-0.25, -0.2) is 13.8 Å². The molecule has 0 saturated heterocycles. The molecule has 1 atom stereocenters. The normalized spacial score (nSPS) is 13.0. The van der Waals surface area contributed by atoms with Crippen LogP contribution in [0.1, 0.15) is 77.7 Å². The molecule has 4 rings (SSSR count). The van der Waals surface area contributed by atoms with Gasteiger partial charge in [-0.1, -0.05) is 38.2 Å². The molecule has 0 bridgehead atoms. The second-order valence-corrected chi connectivity index (χ2v) is 13.6. The molecule has 0 saturated carbocycles. The number of carbonyl (C=O) groups excluding carboxylic acids is 1. The van der Waals surface area contributed by atoms with Gasteiger partial charge in [0, 0.05) is 12.0 Å². The van der Waals surface area contributed by atoms with Gasteiger partial charge in [0.25, 0.3) is 5.56 Å². The number of hydrogen-bond acceptors (Lipinski definition) is 8. The largest absolute Gasteiger partial charge is 0.370 e. The quantitative estimate of drug-likeness (QED) is 0.205. The molecule has 234 valence electrons. The molecule has 3 aromatic heterocycles. The zero-order chi connectivity index (χ0) is 32.6. The Labute approximate surface area is 259 Å². The molecule has 3 heterocycles. The Morgan fingerprint density at radius 1 is 1.16 bits per heavy atom. The molecular weight excluding hydrogens is 583 g/mol. The summed E-state index contributed by atoms with van der Waals surface area (Å²) < 4.78 is 23.4. The number of ketones is 1. The van der Waals surface area contributed by atoms with E-state index in [-0.39, 0.29) is 36.7 Å². The van der Waals surface area contributed by atoms with Gasteiger partial charge in [-0.2, -0.15) is 15.5 Å². The zero-order valence-corrected chi connectivity index (χ0v) is 27.3. The Balaban J connectivity index is 2.04. The van der Waals surface area contributed by atoms with Crippen molar-refractivity contribution in [1.82, 2.24) is 24.1 Å². The van der Waals surface area contributed by atoms with Crippen LogP contribution in [0.2, 0.25) is 0 Å². The number of benzene rings is 1. The summed E-state index contributed by atoms with van der Waals surface area (Å²) in [6, 6.07) is 6.66. The minimum Gasteiger partial charge on any atom is -0.370 e. The Hall–Kier alpha value is -3.95. The number of halogens is 1. The maximum Gasteiger partial charge on any atom is 0.333 e. The molecule has 0 amide bonds. The summed E-state index contributed by atoms with van der Waals surface area (Å²) in [6.45, 7) is 14.0. The lowest BCUT2D eigenvalue weighted by molar-refractivity contribution is -0.127. The van der Waals surface area contributed by atoms with Crippen LogP contribution in [0, 0.1) is 35.4 Å². The van der Waals surface area contributed by atoms with Crippen LogP contribution in [-0.2, 0) is 28.0 Å². The number of ether oxygens (including phenoxy) is 1. The Kier molecular flexibility index (Phi) is 9.42. The number of rotatable bonds is 12. The van der Waals surface area contributed by atoms with Gasteiger partial charge in [0.05, 0.1) is 42.4 Å². The first kappa shape index (κ1) is 33.0. The van der Waals surface area contributed by atoms with Crippen LogP contribution in [0.4, 0.5) is 4.39 Å². The number of Topliss-reactive ketones (excluding diaryl/α,β-unsaturated/α-hetero) is 1. The van der Waals surface area contributed by atoms with Crippen LogP contribution >= 0.6 is 11.3 Å². The summed E-state index contributed by atoms with van der Waals surface area (Å²) in [5.74, 6) is -0.695. The highest BCUT2D eigenvalue weighted by atomic mass is 32.1. The van der Waals surface area contributed by atoms with E-state index >= 15 is 0 Å². The molecule has 0 aliphatic heterocycles. The molecule has 0 fully saturated rings. The van der Waals surface area contributed by atoms with Crippen molar-refractivity contribution in [2.45, 2.75) is 86.4 Å². The van der Waals surface area contributed by atoms with E-state index in [1.807, 2.05) is 20.8 Å². The van der Waals surface area contributed by atoms with Crippen molar-refractivity contribution < 1.29 is 13.9 Å². The van der Waals surface area contributed by atoms with Gasteiger partial charge in [0.2, 0.25) is 0 Å². The molecule has 12 heteroatoms. The van der Waals surface area contributed by atoms with Gasteiger partial charge in [-0.3, -0.25) is 14.2 Å². The third-order valence-electron chi connectivity index (χ3n) is 7.75. The predicted octanol–water partition coefficient (Wildman–Crippen LogP) is 5.47. The molecule has 0 aliphatic rings. The van der Waals surface area contributed by atoms with E-state index in [0.717, 1.165) is 10.1 Å². The van der Waals surface area contributed by atoms with E-state index in [4.69, 9.17) is 4.74 Å². The molecule has 0 radical (unpaired) electrons. The van der Waals surface area contributed by atoms with Crippen molar-refractivity contribution in [1.29, 1.82) is 5.26 Å². The first-order chi connectivity index (χ1) is 20.6. The Morgan fingerprint density at radius 2 is 1.82 bits per heavy atom. The number of nitriles is 1. The average molecular weight is 623 g/mol. The molecule has 0 aliphatic carbocycles. The third kappa shape index (κ3) is 6.30. The number of thiophene rings is 1. The number of fused-ring (bicyclic) bond motifs is 1. The minimum absolute atomic E-state index is 0.00958. The number of carbonyl (C=O) groups is 1. The summed E-state index contributed by atoms with van der Waals surface area (Å²) >= 11 is 1.17. The molecule has 0 unspecified atom stereocenters. The number of nitrogens with zero attached hydrogens (tertiary/aromatic N) is 6. The number of aromatic nitrogens is 5. The maximum atomic E-state index is 14.7. The fourth-order valence-electron chi connectivity index (χ4n) is 5.18. The lowest BCUT2D eigenvalue weighted by Crippen LogP contribution is -2.53. The van der Waals surface area contributed by atoms with Crippen LogP contribution in [0.3, 0.4) is 0 Å². The van der Waals surface area contributed by atoms with Gasteiger partial charge in [-0.15, -0.1) is 4.80 Å². The van der Waals surface area contributed by atoms with Crippen LogP contribution in [0.5, 0.6) is 0 Å². The Morgan fingerprint density at radius 3 is 2.41 bits per heavy atom. The van der Waals surface area contributed by atoms with Crippen molar-refractivity contribution >= 4 is 27.3 Å². The van der Waals surface area contributed by atoms with Gasteiger partial charge >= 0.3 is 5.69 Å². The summed E-state index contributed by atoms with van der Waals surface area (Å²) in [6.07, 6.45) is 2.92. The fourth-order valence-corrected chi connectivity index (χ4v) is 6.40. The molecular formula is C32H39FN6O4S. The van der Waals surface area contributed by atoms with Crippen LogP contribution in [0.15, 0.2) is 40.2 Å². The Bertz CT molecular complexity index is 1840. The summed E-state index contributed by atoms with van der Waals surface area (Å²) in [5.41, 5.74) is -1.67. The summed E-state index contributed by atoms with van der Waals surface area (Å²) in [4.78, 5) is 43.9. The second-order valence-electron chi connectivity index (χ2n) is 12.6. The monoisotopic (exact) mass is 622 g/mol. The molecule has 0 spiro atoms. The van der Waals surface area contributed by atoms with Crippen LogP contribution in [-0.4, -0.2) is 36.5 Å². The highest BCUT2D eigenvalue weighted by Gasteiger charge is 2.36. The zero-order valence-electron chi connectivity index (χ0n) is 26.5. The molecule has 1 aromatic carbocycles. The maximum absolute atomic E-state index is 14.7. The van der Waals surface area contributed by atoms with Crippen molar-refractivity contribution in [2.24, 2.45) is 11.3 Å². The van der Waals surface area contributed by atoms with E-state index in [9.17, 15) is 24.0 Å². The van der Waals surface area contributed by atoms with Crippen molar-refractivity contribution in [3.63, 3.8) is 0 Å². The van der Waals surface area contributed by atoms with Crippen LogP contribution < -0.4 is 11.2 Å². The summed E-state index contributed by atoms with van der Waals surface area (Å²) in [5, 5.41) is 18.9. The van der Waals surface area contributed by atoms with Crippen molar-refractivity contribution in [3.05, 3.63) is 73.9 Å². The standard InChI is InChI=1S/C32H39FN6O4S/c1-9-21-10-11-22(33)15-23(21)24(43-18-31(5,6)17-34)16-37-29-26(20(4)28(44-29)39-35-12-13-36-39)27(41)38(30(37)42)32(7,8)25(40)14-19(2)3/h10-13,15,19,24H,9,14,16,18H2,1-8H3/t24-/m0/s1. The van der Waals surface area contributed by atoms with E-state index < -0.39 is 34.1 Å². The number of aryl methyl sites for hydroxylation is 2. The third-order valence-corrected chi connectivity index (χ3v) is 9.04. The fraction of sp³-hybridized carbons (Fsp3) is 0.500. The minimum atomic E-state index is -1.46. The lowest BCUT2D eigenvalue weighted by Gasteiger charge is -2.29. The molecule has 4 aromatic rings. The predicted molar refractivity (Wildman–Crippen MR) is 168 cm³/mol. The van der Waals surface area contributed by atoms with Gasteiger partial charge in [0.1, 0.15) is 27.3 Å². The average Bonchev–Trinajstić information content (AvgIpc) is 3.60. The highest BCUT2D eigenvalue weighted by Crippen LogP contribution is 2.34.